The smallest absolute Gasteiger partial charge is 0.426 e. The van der Waals surface area contributed by atoms with Crippen molar-refractivity contribution in [1.29, 1.82) is 0 Å². The lowest BCUT2D eigenvalue weighted by Crippen LogP contribution is -2.41. The van der Waals surface area contributed by atoms with Gasteiger partial charge in [-0.05, 0) is 38.7 Å². The number of rotatable bonds is 3. The minimum Gasteiger partial charge on any atom is -0.443 e. The van der Waals surface area contributed by atoms with Crippen molar-refractivity contribution in [2.24, 2.45) is 0 Å². The highest BCUT2D eigenvalue weighted by Gasteiger charge is 2.23. The van der Waals surface area contributed by atoms with Crippen LogP contribution in [-0.2, 0) is 9.53 Å². The van der Waals surface area contributed by atoms with E-state index in [0.29, 0.717) is 18.5 Å². The van der Waals surface area contributed by atoms with Gasteiger partial charge in [0.15, 0.2) is 5.78 Å². The highest BCUT2D eigenvalue weighted by Crippen LogP contribution is 2.29. The average Bonchev–Trinajstić information content (AvgIpc) is 2.44. The van der Waals surface area contributed by atoms with Gasteiger partial charge in [-0.2, -0.15) is 0 Å². The standard InChI is InChI=1S/C17H22N2O3/c1-17(2,3)22-16(21)19-18-14-9-13(10-15(20)11-14)12-7-5-4-6-8-12/h4-8,11,13,18H,9-10H2,1-3H3,(H,19,21). The van der Waals surface area contributed by atoms with Crippen molar-refractivity contribution < 1.29 is 14.3 Å². The number of benzene rings is 1. The third-order valence-electron chi connectivity index (χ3n) is 3.24. The van der Waals surface area contributed by atoms with E-state index < -0.39 is 11.7 Å². The van der Waals surface area contributed by atoms with Gasteiger partial charge >= 0.3 is 6.09 Å². The van der Waals surface area contributed by atoms with Gasteiger partial charge in [-0.1, -0.05) is 30.3 Å². The summed E-state index contributed by atoms with van der Waals surface area (Å²) in [5, 5.41) is 0. The van der Waals surface area contributed by atoms with E-state index in [4.69, 9.17) is 4.74 Å². The highest BCUT2D eigenvalue weighted by atomic mass is 16.6. The van der Waals surface area contributed by atoms with Crippen molar-refractivity contribution in [3.05, 3.63) is 47.7 Å². The van der Waals surface area contributed by atoms with Gasteiger partial charge in [0.05, 0.1) is 0 Å². The van der Waals surface area contributed by atoms with Crippen molar-refractivity contribution in [3.8, 4) is 0 Å². The van der Waals surface area contributed by atoms with Crippen LogP contribution in [0.15, 0.2) is 42.1 Å². The minimum absolute atomic E-state index is 0.0496. The first-order chi connectivity index (χ1) is 10.3. The van der Waals surface area contributed by atoms with Gasteiger partial charge in [0, 0.05) is 18.2 Å². The van der Waals surface area contributed by atoms with E-state index >= 15 is 0 Å². The lowest BCUT2D eigenvalue weighted by molar-refractivity contribution is -0.115. The average molecular weight is 302 g/mol. The summed E-state index contributed by atoms with van der Waals surface area (Å²) in [4.78, 5) is 23.5. The minimum atomic E-state index is -0.567. The molecule has 0 fully saturated rings. The first-order valence-corrected chi connectivity index (χ1v) is 7.37. The molecule has 118 valence electrons. The number of hydrazine groups is 1. The van der Waals surface area contributed by atoms with Crippen LogP contribution in [-0.4, -0.2) is 17.5 Å². The number of carbonyl (C=O) groups is 2. The van der Waals surface area contributed by atoms with E-state index in [9.17, 15) is 9.59 Å². The molecule has 0 aliphatic heterocycles. The Morgan fingerprint density at radius 1 is 1.18 bits per heavy atom. The van der Waals surface area contributed by atoms with Crippen LogP contribution in [0.25, 0.3) is 0 Å². The second-order valence-corrected chi connectivity index (χ2v) is 6.40. The van der Waals surface area contributed by atoms with Gasteiger partial charge in [0.1, 0.15) is 5.60 Å². The lowest BCUT2D eigenvalue weighted by Gasteiger charge is -2.24. The summed E-state index contributed by atoms with van der Waals surface area (Å²) in [6.07, 6.45) is 2.13. The van der Waals surface area contributed by atoms with Crippen LogP contribution in [0.3, 0.4) is 0 Å². The number of hydrogen-bond acceptors (Lipinski definition) is 4. The third kappa shape index (κ3) is 4.91. The van der Waals surface area contributed by atoms with Crippen LogP contribution in [0, 0.1) is 0 Å². The van der Waals surface area contributed by atoms with E-state index in [0.717, 1.165) is 5.56 Å². The van der Waals surface area contributed by atoms with Crippen LogP contribution >= 0.6 is 0 Å². The Labute approximate surface area is 130 Å². The predicted octanol–water partition coefficient (Wildman–Crippen LogP) is 3.05. The fraction of sp³-hybridized carbons (Fsp3) is 0.412. The molecule has 0 bridgehead atoms. The molecule has 1 aliphatic rings. The molecule has 0 radical (unpaired) electrons. The molecule has 5 heteroatoms. The fourth-order valence-electron chi connectivity index (χ4n) is 2.38. The zero-order valence-electron chi connectivity index (χ0n) is 13.2. The second-order valence-electron chi connectivity index (χ2n) is 6.40. The fourth-order valence-corrected chi connectivity index (χ4v) is 2.38. The molecule has 1 aliphatic carbocycles. The molecule has 2 rings (SSSR count). The maximum absolute atomic E-state index is 11.9. The maximum Gasteiger partial charge on any atom is 0.426 e. The Bertz CT molecular complexity index is 573. The summed E-state index contributed by atoms with van der Waals surface area (Å²) in [7, 11) is 0. The first kappa shape index (κ1) is 16.1. The number of amides is 1. The normalized spacial score (nSPS) is 18.4. The molecule has 0 heterocycles. The van der Waals surface area contributed by atoms with Gasteiger partial charge in [-0.3, -0.25) is 10.2 Å². The van der Waals surface area contributed by atoms with Crippen molar-refractivity contribution in [3.63, 3.8) is 0 Å². The van der Waals surface area contributed by atoms with E-state index in [1.165, 1.54) is 6.08 Å². The number of allylic oxidation sites excluding steroid dienone is 2. The van der Waals surface area contributed by atoms with Crippen molar-refractivity contribution >= 4 is 11.9 Å². The molecule has 1 unspecified atom stereocenters. The number of ketones is 1. The molecule has 1 atom stereocenters. The second kappa shape index (κ2) is 6.64. The van der Waals surface area contributed by atoms with E-state index in [-0.39, 0.29) is 11.7 Å². The van der Waals surface area contributed by atoms with Crippen LogP contribution < -0.4 is 10.9 Å². The number of hydrogen-bond donors (Lipinski definition) is 2. The quantitative estimate of drug-likeness (QED) is 0.842. The Balaban J connectivity index is 1.94. The van der Waals surface area contributed by atoms with Gasteiger partial charge in [0.2, 0.25) is 0 Å². The van der Waals surface area contributed by atoms with Crippen LogP contribution in [0.1, 0.15) is 45.1 Å². The van der Waals surface area contributed by atoms with Crippen LogP contribution in [0.2, 0.25) is 0 Å². The van der Waals surface area contributed by atoms with E-state index in [2.05, 4.69) is 10.9 Å². The molecule has 2 N–H and O–H groups in total. The molecule has 0 saturated heterocycles. The maximum atomic E-state index is 11.9. The summed E-state index contributed by atoms with van der Waals surface area (Å²) in [6, 6.07) is 9.91. The van der Waals surface area contributed by atoms with Crippen LogP contribution in [0.4, 0.5) is 4.79 Å². The number of ether oxygens (including phenoxy) is 1. The molecule has 1 aromatic rings. The monoisotopic (exact) mass is 302 g/mol. The molecular formula is C17H22N2O3. The SMILES string of the molecule is CC(C)(C)OC(=O)NNC1=CC(=O)CC(c2ccccc2)C1. The topological polar surface area (TPSA) is 67.4 Å². The van der Waals surface area contributed by atoms with Gasteiger partial charge < -0.3 is 4.74 Å². The van der Waals surface area contributed by atoms with Crippen molar-refractivity contribution in [2.75, 3.05) is 0 Å². The number of nitrogens with one attached hydrogen (secondary N) is 2. The summed E-state index contributed by atoms with van der Waals surface area (Å²) >= 11 is 0. The summed E-state index contributed by atoms with van der Waals surface area (Å²) in [6.45, 7) is 5.38. The molecule has 0 aromatic heterocycles. The summed E-state index contributed by atoms with van der Waals surface area (Å²) in [5.41, 5.74) is 6.52. The van der Waals surface area contributed by atoms with Crippen LogP contribution in [0.5, 0.6) is 0 Å². The van der Waals surface area contributed by atoms with E-state index in [1.807, 2.05) is 30.3 Å². The Morgan fingerprint density at radius 3 is 2.50 bits per heavy atom. The summed E-state index contributed by atoms with van der Waals surface area (Å²) in [5.74, 6) is 0.176. The molecule has 1 aromatic carbocycles. The highest BCUT2D eigenvalue weighted by molar-refractivity contribution is 5.92. The molecular weight excluding hydrogens is 280 g/mol. The van der Waals surface area contributed by atoms with E-state index in [1.54, 1.807) is 20.8 Å². The van der Waals surface area contributed by atoms with Gasteiger partial charge in [-0.25, -0.2) is 10.2 Å². The van der Waals surface area contributed by atoms with Crippen molar-refractivity contribution in [2.45, 2.75) is 45.1 Å². The molecule has 0 spiro atoms. The van der Waals surface area contributed by atoms with Gasteiger partial charge in [-0.15, -0.1) is 0 Å². The Kier molecular flexibility index (Phi) is 4.85. The number of carbonyl (C=O) groups excluding carboxylic acids is 2. The largest absolute Gasteiger partial charge is 0.443 e. The first-order valence-electron chi connectivity index (χ1n) is 7.37. The molecule has 1 amide bonds. The van der Waals surface area contributed by atoms with Gasteiger partial charge in [0.25, 0.3) is 0 Å². The molecule has 22 heavy (non-hydrogen) atoms. The predicted molar refractivity (Wildman–Crippen MR) is 84.0 cm³/mol. The molecule has 0 saturated carbocycles. The van der Waals surface area contributed by atoms with Crippen molar-refractivity contribution in [1.82, 2.24) is 10.9 Å². The zero-order chi connectivity index (χ0) is 16.2. The lowest BCUT2D eigenvalue weighted by atomic mass is 9.86. The third-order valence-corrected chi connectivity index (χ3v) is 3.24. The summed E-state index contributed by atoms with van der Waals surface area (Å²) < 4.78 is 5.14. The Hall–Kier alpha value is -2.30. The Morgan fingerprint density at radius 2 is 1.86 bits per heavy atom. The zero-order valence-corrected chi connectivity index (χ0v) is 13.2. The molecule has 5 nitrogen and oxygen atoms in total.